The molecule has 0 unspecified atom stereocenters. The van der Waals surface area contributed by atoms with Crippen LogP contribution < -0.4 is 10.1 Å². The fraction of sp³-hybridized carbons (Fsp3) is 0.214. The van der Waals surface area contributed by atoms with E-state index in [0.29, 0.717) is 17.5 Å². The van der Waals surface area contributed by atoms with Gasteiger partial charge in [0.2, 0.25) is 11.8 Å². The van der Waals surface area contributed by atoms with Crippen molar-refractivity contribution in [3.05, 3.63) is 30.5 Å². The van der Waals surface area contributed by atoms with E-state index in [2.05, 4.69) is 25.5 Å². The zero-order valence-corrected chi connectivity index (χ0v) is 12.6. The van der Waals surface area contributed by atoms with E-state index < -0.39 is 0 Å². The van der Waals surface area contributed by atoms with Gasteiger partial charge in [0.25, 0.3) is 0 Å². The predicted octanol–water partition coefficient (Wildman–Crippen LogP) is 3.30. The Bertz CT molecular complexity index is 758. The van der Waals surface area contributed by atoms with Crippen molar-refractivity contribution in [1.29, 1.82) is 0 Å². The number of aromatic amines is 1. The molecule has 0 atom stereocenters. The SMILES string of the molecule is CCNc1nc(Oc2ccccc2SC)c2cn[nH]c2n1. The Morgan fingerprint density at radius 3 is 2.95 bits per heavy atom. The summed E-state index contributed by atoms with van der Waals surface area (Å²) in [5.74, 6) is 1.78. The smallest absolute Gasteiger partial charge is 0.235 e. The zero-order chi connectivity index (χ0) is 14.7. The molecule has 0 aliphatic carbocycles. The van der Waals surface area contributed by atoms with E-state index in [9.17, 15) is 0 Å². The summed E-state index contributed by atoms with van der Waals surface area (Å²) in [6, 6.07) is 7.86. The number of para-hydroxylation sites is 1. The van der Waals surface area contributed by atoms with Crippen LogP contribution in [0.15, 0.2) is 35.4 Å². The maximum absolute atomic E-state index is 5.99. The Hall–Kier alpha value is -2.28. The molecular weight excluding hydrogens is 286 g/mol. The van der Waals surface area contributed by atoms with Gasteiger partial charge in [-0.2, -0.15) is 15.1 Å². The van der Waals surface area contributed by atoms with Gasteiger partial charge in [-0.05, 0) is 25.3 Å². The Kier molecular flexibility index (Phi) is 3.92. The van der Waals surface area contributed by atoms with E-state index in [1.807, 2.05) is 37.4 Å². The van der Waals surface area contributed by atoms with E-state index in [1.165, 1.54) is 0 Å². The van der Waals surface area contributed by atoms with Crippen LogP contribution in [-0.4, -0.2) is 33.0 Å². The lowest BCUT2D eigenvalue weighted by Gasteiger charge is -2.10. The molecule has 0 fully saturated rings. The summed E-state index contributed by atoms with van der Waals surface area (Å²) in [5.41, 5.74) is 0.651. The lowest BCUT2D eigenvalue weighted by molar-refractivity contribution is 0.458. The number of benzene rings is 1. The predicted molar refractivity (Wildman–Crippen MR) is 84.1 cm³/mol. The first-order valence-electron chi connectivity index (χ1n) is 6.57. The molecule has 0 radical (unpaired) electrons. The second-order valence-electron chi connectivity index (χ2n) is 4.27. The first-order valence-corrected chi connectivity index (χ1v) is 7.80. The summed E-state index contributed by atoms with van der Waals surface area (Å²) < 4.78 is 5.99. The minimum atomic E-state index is 0.492. The number of nitrogens with zero attached hydrogens (tertiary/aromatic N) is 3. The molecule has 0 amide bonds. The van der Waals surface area contributed by atoms with E-state index in [-0.39, 0.29) is 0 Å². The number of hydrogen-bond acceptors (Lipinski definition) is 6. The van der Waals surface area contributed by atoms with E-state index in [4.69, 9.17) is 4.74 Å². The molecule has 2 N–H and O–H groups in total. The van der Waals surface area contributed by atoms with Crippen molar-refractivity contribution in [1.82, 2.24) is 20.2 Å². The third-order valence-electron chi connectivity index (χ3n) is 2.89. The second-order valence-corrected chi connectivity index (χ2v) is 5.12. The van der Waals surface area contributed by atoms with Crippen LogP contribution in [-0.2, 0) is 0 Å². The van der Waals surface area contributed by atoms with Crippen LogP contribution in [0.1, 0.15) is 6.92 Å². The van der Waals surface area contributed by atoms with Crippen molar-refractivity contribution in [3.8, 4) is 11.6 Å². The van der Waals surface area contributed by atoms with Gasteiger partial charge in [0.05, 0.1) is 6.20 Å². The normalized spacial score (nSPS) is 10.8. The average molecular weight is 301 g/mol. The van der Waals surface area contributed by atoms with Gasteiger partial charge in [-0.3, -0.25) is 5.10 Å². The largest absolute Gasteiger partial charge is 0.437 e. The van der Waals surface area contributed by atoms with Gasteiger partial charge in [0, 0.05) is 11.4 Å². The van der Waals surface area contributed by atoms with Crippen molar-refractivity contribution in [2.45, 2.75) is 11.8 Å². The van der Waals surface area contributed by atoms with Crippen LogP contribution in [0, 0.1) is 0 Å². The van der Waals surface area contributed by atoms with Crippen LogP contribution in [0.4, 0.5) is 5.95 Å². The molecule has 0 saturated heterocycles. The summed E-state index contributed by atoms with van der Waals surface area (Å²) in [5, 5.41) is 10.7. The maximum Gasteiger partial charge on any atom is 0.235 e. The van der Waals surface area contributed by atoms with Gasteiger partial charge >= 0.3 is 0 Å². The summed E-state index contributed by atoms with van der Waals surface area (Å²) in [7, 11) is 0. The van der Waals surface area contributed by atoms with Crippen LogP contribution >= 0.6 is 11.8 Å². The number of rotatable bonds is 5. The Morgan fingerprint density at radius 2 is 2.14 bits per heavy atom. The topological polar surface area (TPSA) is 75.7 Å². The number of fused-ring (bicyclic) bond motifs is 1. The number of H-pyrrole nitrogens is 1. The van der Waals surface area contributed by atoms with Crippen molar-refractivity contribution < 1.29 is 4.74 Å². The molecule has 0 spiro atoms. The summed E-state index contributed by atoms with van der Waals surface area (Å²) in [6.07, 6.45) is 3.68. The minimum Gasteiger partial charge on any atom is -0.437 e. The Morgan fingerprint density at radius 1 is 1.29 bits per heavy atom. The molecule has 7 heteroatoms. The highest BCUT2D eigenvalue weighted by Crippen LogP contribution is 2.33. The Labute approximate surface area is 126 Å². The van der Waals surface area contributed by atoms with Crippen LogP contribution in [0.3, 0.4) is 0 Å². The highest BCUT2D eigenvalue weighted by molar-refractivity contribution is 7.98. The first-order chi connectivity index (χ1) is 10.3. The molecule has 21 heavy (non-hydrogen) atoms. The highest BCUT2D eigenvalue weighted by Gasteiger charge is 2.12. The molecule has 0 aliphatic heterocycles. The third-order valence-corrected chi connectivity index (χ3v) is 3.66. The monoisotopic (exact) mass is 301 g/mol. The van der Waals surface area contributed by atoms with Gasteiger partial charge in [0.1, 0.15) is 11.1 Å². The van der Waals surface area contributed by atoms with Crippen molar-refractivity contribution >= 4 is 28.7 Å². The molecule has 108 valence electrons. The molecule has 6 nitrogen and oxygen atoms in total. The molecule has 1 aromatic carbocycles. The molecular formula is C14H15N5OS. The van der Waals surface area contributed by atoms with Crippen molar-refractivity contribution in [2.75, 3.05) is 18.1 Å². The highest BCUT2D eigenvalue weighted by atomic mass is 32.2. The van der Waals surface area contributed by atoms with Crippen molar-refractivity contribution in [2.24, 2.45) is 0 Å². The minimum absolute atomic E-state index is 0.492. The number of anilines is 1. The molecule has 2 heterocycles. The van der Waals surface area contributed by atoms with Crippen LogP contribution in [0.25, 0.3) is 11.0 Å². The molecule has 0 saturated carbocycles. The second kappa shape index (κ2) is 6.01. The fourth-order valence-corrected chi connectivity index (χ4v) is 2.46. The van der Waals surface area contributed by atoms with Gasteiger partial charge in [-0.25, -0.2) is 0 Å². The third kappa shape index (κ3) is 2.78. The van der Waals surface area contributed by atoms with Gasteiger partial charge in [-0.1, -0.05) is 12.1 Å². The summed E-state index contributed by atoms with van der Waals surface area (Å²) in [4.78, 5) is 9.82. The number of thioether (sulfide) groups is 1. The van der Waals surface area contributed by atoms with Gasteiger partial charge in [-0.15, -0.1) is 11.8 Å². The van der Waals surface area contributed by atoms with Crippen LogP contribution in [0.5, 0.6) is 11.6 Å². The molecule has 3 rings (SSSR count). The van der Waals surface area contributed by atoms with E-state index in [1.54, 1.807) is 18.0 Å². The molecule has 3 aromatic rings. The lowest BCUT2D eigenvalue weighted by atomic mass is 10.3. The van der Waals surface area contributed by atoms with E-state index >= 15 is 0 Å². The van der Waals surface area contributed by atoms with E-state index in [0.717, 1.165) is 22.6 Å². The van der Waals surface area contributed by atoms with Crippen molar-refractivity contribution in [3.63, 3.8) is 0 Å². The fourth-order valence-electron chi connectivity index (χ4n) is 1.93. The Balaban J connectivity index is 2.04. The maximum atomic E-state index is 5.99. The quantitative estimate of drug-likeness (QED) is 0.704. The number of nitrogens with one attached hydrogen (secondary N) is 2. The molecule has 0 bridgehead atoms. The van der Waals surface area contributed by atoms with Gasteiger partial charge in [0.15, 0.2) is 5.65 Å². The molecule has 0 aliphatic rings. The average Bonchev–Trinajstić information content (AvgIpc) is 2.97. The number of hydrogen-bond donors (Lipinski definition) is 2. The lowest BCUT2D eigenvalue weighted by Crippen LogP contribution is -2.03. The van der Waals surface area contributed by atoms with Crippen LogP contribution in [0.2, 0.25) is 0 Å². The zero-order valence-electron chi connectivity index (χ0n) is 11.8. The standard InChI is InChI=1S/C14H15N5OS/c1-3-15-14-17-12-9(8-16-19-12)13(18-14)20-10-6-4-5-7-11(10)21-2/h4-8H,3H2,1-2H3,(H2,15,16,17,18,19). The number of ether oxygens (including phenoxy) is 1. The number of aromatic nitrogens is 4. The van der Waals surface area contributed by atoms with Gasteiger partial charge < -0.3 is 10.1 Å². The summed E-state index contributed by atoms with van der Waals surface area (Å²) in [6.45, 7) is 2.73. The summed E-state index contributed by atoms with van der Waals surface area (Å²) >= 11 is 1.63. The molecule has 2 aromatic heterocycles. The first kappa shape index (κ1) is 13.7.